The van der Waals surface area contributed by atoms with Crippen LogP contribution >= 0.6 is 0 Å². The lowest BCUT2D eigenvalue weighted by Crippen LogP contribution is -2.31. The Balaban J connectivity index is 1.41. The summed E-state index contributed by atoms with van der Waals surface area (Å²) in [7, 11) is 0. The zero-order valence-electron chi connectivity index (χ0n) is 13.5. The van der Waals surface area contributed by atoms with Gasteiger partial charge in [0.1, 0.15) is 11.9 Å². The number of para-hydroxylation sites is 1. The molecule has 0 N–H and O–H groups in total. The van der Waals surface area contributed by atoms with Gasteiger partial charge in [-0.05, 0) is 24.3 Å². The second kappa shape index (κ2) is 6.72. The Morgan fingerprint density at radius 2 is 1.92 bits per heavy atom. The number of amides is 1. The van der Waals surface area contributed by atoms with Crippen LogP contribution in [0.3, 0.4) is 0 Å². The van der Waals surface area contributed by atoms with Crippen LogP contribution in [0.4, 0.5) is 0 Å². The SMILES string of the molecule is O=C(c1cnn(-c2ccccc2)n1)N1CCC(Oc2ccncc2)C1. The smallest absolute Gasteiger partial charge is 0.276 e. The van der Waals surface area contributed by atoms with Gasteiger partial charge in [-0.25, -0.2) is 0 Å². The standard InChI is InChI=1S/C18H17N5O2/c24-18(17-12-20-23(21-17)14-4-2-1-3-5-14)22-11-8-16(13-22)25-15-6-9-19-10-7-15/h1-7,9-10,12,16H,8,11,13H2. The van der Waals surface area contributed by atoms with Gasteiger partial charge in [0.25, 0.3) is 5.91 Å². The Labute approximate surface area is 144 Å². The van der Waals surface area contributed by atoms with Gasteiger partial charge < -0.3 is 9.64 Å². The first-order valence-corrected chi connectivity index (χ1v) is 8.13. The molecule has 25 heavy (non-hydrogen) atoms. The minimum atomic E-state index is -0.122. The normalized spacial score (nSPS) is 16.8. The summed E-state index contributed by atoms with van der Waals surface area (Å²) in [5.74, 6) is 0.646. The van der Waals surface area contributed by atoms with Crippen LogP contribution in [0.25, 0.3) is 5.69 Å². The third kappa shape index (κ3) is 3.35. The number of aromatic nitrogens is 4. The molecule has 3 aromatic rings. The molecule has 0 aliphatic carbocycles. The number of nitrogens with zero attached hydrogens (tertiary/aromatic N) is 5. The molecule has 1 saturated heterocycles. The minimum absolute atomic E-state index is 0.0180. The Morgan fingerprint density at radius 1 is 1.12 bits per heavy atom. The highest BCUT2D eigenvalue weighted by Gasteiger charge is 2.29. The van der Waals surface area contributed by atoms with Crippen molar-refractivity contribution in [3.05, 3.63) is 66.7 Å². The Kier molecular flexibility index (Phi) is 4.12. The summed E-state index contributed by atoms with van der Waals surface area (Å²) in [4.78, 5) is 19.8. The highest BCUT2D eigenvalue weighted by molar-refractivity contribution is 5.92. The average molecular weight is 335 g/mol. The fourth-order valence-corrected chi connectivity index (χ4v) is 2.83. The molecule has 0 saturated carbocycles. The first kappa shape index (κ1) is 15.3. The van der Waals surface area contributed by atoms with Crippen LogP contribution in [0.2, 0.25) is 0 Å². The highest BCUT2D eigenvalue weighted by Crippen LogP contribution is 2.19. The fraction of sp³-hybridized carbons (Fsp3) is 0.222. The van der Waals surface area contributed by atoms with E-state index in [0.29, 0.717) is 18.8 Å². The van der Waals surface area contributed by atoms with E-state index in [0.717, 1.165) is 17.9 Å². The number of hydrogen-bond acceptors (Lipinski definition) is 5. The molecule has 0 bridgehead atoms. The second-order valence-electron chi connectivity index (χ2n) is 5.82. The largest absolute Gasteiger partial charge is 0.488 e. The van der Waals surface area contributed by atoms with E-state index >= 15 is 0 Å². The molecule has 1 aliphatic rings. The average Bonchev–Trinajstić information content (AvgIpc) is 3.33. The van der Waals surface area contributed by atoms with Gasteiger partial charge in [-0.15, -0.1) is 5.10 Å². The first-order chi connectivity index (χ1) is 12.3. The number of rotatable bonds is 4. The van der Waals surface area contributed by atoms with E-state index in [2.05, 4.69) is 15.2 Å². The fourth-order valence-electron chi connectivity index (χ4n) is 2.83. The number of pyridine rings is 1. The van der Waals surface area contributed by atoms with Crippen LogP contribution in [0.15, 0.2) is 61.1 Å². The van der Waals surface area contributed by atoms with Gasteiger partial charge in [0, 0.05) is 25.4 Å². The predicted molar refractivity (Wildman–Crippen MR) is 90.5 cm³/mol. The van der Waals surface area contributed by atoms with E-state index in [1.165, 1.54) is 11.0 Å². The molecule has 4 rings (SSSR count). The van der Waals surface area contributed by atoms with Crippen LogP contribution < -0.4 is 4.74 Å². The van der Waals surface area contributed by atoms with E-state index in [-0.39, 0.29) is 12.0 Å². The summed E-state index contributed by atoms with van der Waals surface area (Å²) in [5, 5.41) is 8.48. The van der Waals surface area contributed by atoms with Crippen molar-refractivity contribution < 1.29 is 9.53 Å². The lowest BCUT2D eigenvalue weighted by Gasteiger charge is -2.16. The van der Waals surface area contributed by atoms with Crippen molar-refractivity contribution >= 4 is 5.91 Å². The van der Waals surface area contributed by atoms with Gasteiger partial charge >= 0.3 is 0 Å². The highest BCUT2D eigenvalue weighted by atomic mass is 16.5. The van der Waals surface area contributed by atoms with Crippen molar-refractivity contribution in [2.75, 3.05) is 13.1 Å². The van der Waals surface area contributed by atoms with E-state index in [1.807, 2.05) is 42.5 Å². The van der Waals surface area contributed by atoms with Gasteiger partial charge in [-0.1, -0.05) is 18.2 Å². The molecule has 7 heteroatoms. The lowest BCUT2D eigenvalue weighted by molar-refractivity contribution is 0.0766. The number of carbonyl (C=O) groups excluding carboxylic acids is 1. The molecule has 1 fully saturated rings. The molecular formula is C18H17N5O2. The third-order valence-electron chi connectivity index (χ3n) is 4.08. The molecule has 3 heterocycles. The lowest BCUT2D eigenvalue weighted by atomic mass is 10.3. The number of ether oxygens (including phenoxy) is 1. The summed E-state index contributed by atoms with van der Waals surface area (Å²) in [6.07, 6.45) is 5.66. The summed E-state index contributed by atoms with van der Waals surface area (Å²) in [6, 6.07) is 13.1. The zero-order chi connectivity index (χ0) is 17.1. The van der Waals surface area contributed by atoms with E-state index < -0.39 is 0 Å². The quantitative estimate of drug-likeness (QED) is 0.729. The molecule has 1 atom stereocenters. The Hall–Kier alpha value is -3.22. The van der Waals surface area contributed by atoms with E-state index in [9.17, 15) is 4.79 Å². The monoisotopic (exact) mass is 335 g/mol. The molecule has 1 aromatic carbocycles. The van der Waals surface area contributed by atoms with Crippen molar-refractivity contribution in [1.82, 2.24) is 24.9 Å². The van der Waals surface area contributed by atoms with E-state index in [1.54, 1.807) is 17.3 Å². The van der Waals surface area contributed by atoms with Crippen molar-refractivity contribution in [3.8, 4) is 11.4 Å². The maximum Gasteiger partial charge on any atom is 0.276 e. The van der Waals surface area contributed by atoms with Crippen LogP contribution in [0.5, 0.6) is 5.75 Å². The predicted octanol–water partition coefficient (Wildman–Crippen LogP) is 1.96. The maximum atomic E-state index is 12.6. The molecule has 0 spiro atoms. The second-order valence-corrected chi connectivity index (χ2v) is 5.82. The van der Waals surface area contributed by atoms with Gasteiger partial charge in [0.05, 0.1) is 18.4 Å². The van der Waals surface area contributed by atoms with Crippen LogP contribution in [-0.2, 0) is 0 Å². The summed E-state index contributed by atoms with van der Waals surface area (Å²) in [6.45, 7) is 1.19. The van der Waals surface area contributed by atoms with E-state index in [4.69, 9.17) is 4.74 Å². The van der Waals surface area contributed by atoms with Crippen molar-refractivity contribution in [2.24, 2.45) is 0 Å². The number of hydrogen-bond donors (Lipinski definition) is 0. The van der Waals surface area contributed by atoms with Crippen molar-refractivity contribution in [3.63, 3.8) is 0 Å². The van der Waals surface area contributed by atoms with Crippen LogP contribution in [0.1, 0.15) is 16.9 Å². The molecule has 1 amide bonds. The minimum Gasteiger partial charge on any atom is -0.488 e. The van der Waals surface area contributed by atoms with Crippen LogP contribution in [-0.4, -0.2) is 50.0 Å². The summed E-state index contributed by atoms with van der Waals surface area (Å²) < 4.78 is 5.89. The Morgan fingerprint density at radius 3 is 2.72 bits per heavy atom. The molecule has 7 nitrogen and oxygen atoms in total. The molecular weight excluding hydrogens is 318 g/mol. The summed E-state index contributed by atoms with van der Waals surface area (Å²) in [5.41, 5.74) is 1.16. The Bertz CT molecular complexity index is 850. The zero-order valence-corrected chi connectivity index (χ0v) is 13.5. The first-order valence-electron chi connectivity index (χ1n) is 8.13. The third-order valence-corrected chi connectivity index (χ3v) is 4.08. The van der Waals surface area contributed by atoms with Gasteiger partial charge in [-0.3, -0.25) is 9.78 Å². The topological polar surface area (TPSA) is 73.1 Å². The number of benzene rings is 1. The number of likely N-dealkylation sites (tertiary alicyclic amines) is 1. The molecule has 1 aliphatic heterocycles. The molecule has 2 aromatic heterocycles. The molecule has 0 radical (unpaired) electrons. The van der Waals surface area contributed by atoms with Gasteiger partial charge in [-0.2, -0.15) is 9.90 Å². The van der Waals surface area contributed by atoms with Crippen LogP contribution in [0, 0.1) is 0 Å². The summed E-state index contributed by atoms with van der Waals surface area (Å²) >= 11 is 0. The van der Waals surface area contributed by atoms with Gasteiger partial charge in [0.2, 0.25) is 0 Å². The molecule has 1 unspecified atom stereocenters. The van der Waals surface area contributed by atoms with Crippen molar-refractivity contribution in [2.45, 2.75) is 12.5 Å². The van der Waals surface area contributed by atoms with Gasteiger partial charge in [0.15, 0.2) is 5.69 Å². The van der Waals surface area contributed by atoms with Crippen molar-refractivity contribution in [1.29, 1.82) is 0 Å². The molecule has 126 valence electrons. The number of carbonyl (C=O) groups is 1. The maximum absolute atomic E-state index is 12.6.